The minimum absolute atomic E-state index is 0.102. The van der Waals surface area contributed by atoms with Gasteiger partial charge in [-0.1, -0.05) is 0 Å². The molecule has 2 aliphatic rings. The highest BCUT2D eigenvalue weighted by molar-refractivity contribution is 5.23. The van der Waals surface area contributed by atoms with Crippen molar-refractivity contribution in [3.8, 4) is 5.75 Å². The summed E-state index contributed by atoms with van der Waals surface area (Å²) in [6.45, 7) is 4.21. The van der Waals surface area contributed by atoms with Gasteiger partial charge in [0.05, 0.1) is 0 Å². The summed E-state index contributed by atoms with van der Waals surface area (Å²) in [5.74, 6) is -1.26. The normalized spacial score (nSPS) is 25.0. The van der Waals surface area contributed by atoms with Crippen molar-refractivity contribution in [2.45, 2.75) is 31.4 Å². The Bertz CT molecular complexity index is 455. The SMILES string of the molecule is Fc1ccc(OC2CCN(C3CCNC3)CC2)cc1F. The van der Waals surface area contributed by atoms with Crippen molar-refractivity contribution in [1.29, 1.82) is 0 Å². The van der Waals surface area contributed by atoms with Crippen LogP contribution in [0.2, 0.25) is 0 Å². The third kappa shape index (κ3) is 3.10. The lowest BCUT2D eigenvalue weighted by Crippen LogP contribution is -2.44. The van der Waals surface area contributed by atoms with E-state index in [0.717, 1.165) is 51.2 Å². The lowest BCUT2D eigenvalue weighted by atomic mass is 10.0. The Labute approximate surface area is 117 Å². The molecular weight excluding hydrogens is 262 g/mol. The van der Waals surface area contributed by atoms with E-state index in [-0.39, 0.29) is 6.10 Å². The van der Waals surface area contributed by atoms with Gasteiger partial charge in [0, 0.05) is 31.7 Å². The minimum atomic E-state index is -0.850. The van der Waals surface area contributed by atoms with Crippen LogP contribution in [0.4, 0.5) is 8.78 Å². The number of piperidine rings is 1. The Morgan fingerprint density at radius 3 is 2.55 bits per heavy atom. The van der Waals surface area contributed by atoms with Crippen LogP contribution in [0.25, 0.3) is 0 Å². The van der Waals surface area contributed by atoms with Crippen LogP contribution in [0.5, 0.6) is 5.75 Å². The average Bonchev–Trinajstić information content (AvgIpc) is 2.98. The van der Waals surface area contributed by atoms with Gasteiger partial charge < -0.3 is 10.1 Å². The highest BCUT2D eigenvalue weighted by atomic mass is 19.2. The van der Waals surface area contributed by atoms with Gasteiger partial charge >= 0.3 is 0 Å². The first-order valence-electron chi connectivity index (χ1n) is 7.29. The Morgan fingerprint density at radius 2 is 1.90 bits per heavy atom. The molecule has 3 rings (SSSR count). The van der Waals surface area contributed by atoms with Gasteiger partial charge in [-0.2, -0.15) is 0 Å². The van der Waals surface area contributed by atoms with E-state index in [9.17, 15) is 8.78 Å². The first kappa shape index (κ1) is 13.8. The van der Waals surface area contributed by atoms with Gasteiger partial charge in [0.1, 0.15) is 11.9 Å². The summed E-state index contributed by atoms with van der Waals surface area (Å²) in [4.78, 5) is 2.51. The topological polar surface area (TPSA) is 24.5 Å². The second-order valence-corrected chi connectivity index (χ2v) is 5.58. The molecule has 0 spiro atoms. The molecular formula is C15H20F2N2O. The maximum Gasteiger partial charge on any atom is 0.162 e. The molecule has 2 aliphatic heterocycles. The maximum atomic E-state index is 13.1. The predicted molar refractivity (Wildman–Crippen MR) is 72.9 cm³/mol. The zero-order chi connectivity index (χ0) is 13.9. The zero-order valence-corrected chi connectivity index (χ0v) is 11.4. The van der Waals surface area contributed by atoms with Crippen LogP contribution < -0.4 is 10.1 Å². The molecule has 1 unspecified atom stereocenters. The highest BCUT2D eigenvalue weighted by Crippen LogP contribution is 2.22. The monoisotopic (exact) mass is 282 g/mol. The molecule has 0 amide bonds. The highest BCUT2D eigenvalue weighted by Gasteiger charge is 2.27. The van der Waals surface area contributed by atoms with E-state index in [2.05, 4.69) is 10.2 Å². The van der Waals surface area contributed by atoms with Gasteiger partial charge in [-0.15, -0.1) is 0 Å². The fraction of sp³-hybridized carbons (Fsp3) is 0.600. The zero-order valence-electron chi connectivity index (χ0n) is 11.4. The van der Waals surface area contributed by atoms with Crippen LogP contribution in [0.15, 0.2) is 18.2 Å². The molecule has 0 radical (unpaired) electrons. The van der Waals surface area contributed by atoms with E-state index in [0.29, 0.717) is 11.8 Å². The molecule has 0 saturated carbocycles. The number of hydrogen-bond acceptors (Lipinski definition) is 3. The van der Waals surface area contributed by atoms with Gasteiger partial charge in [-0.05, 0) is 37.9 Å². The Balaban J connectivity index is 1.51. The third-order valence-corrected chi connectivity index (χ3v) is 4.22. The maximum absolute atomic E-state index is 13.1. The second-order valence-electron chi connectivity index (χ2n) is 5.58. The van der Waals surface area contributed by atoms with Gasteiger partial charge in [-0.25, -0.2) is 8.78 Å². The molecule has 0 bridgehead atoms. The summed E-state index contributed by atoms with van der Waals surface area (Å²) in [6, 6.07) is 4.39. The smallest absolute Gasteiger partial charge is 0.162 e. The fourth-order valence-corrected chi connectivity index (χ4v) is 3.05. The molecule has 1 N–H and O–H groups in total. The van der Waals surface area contributed by atoms with Gasteiger partial charge in [0.2, 0.25) is 0 Å². The lowest BCUT2D eigenvalue weighted by Gasteiger charge is -2.35. The summed E-state index contributed by atoms with van der Waals surface area (Å²) in [7, 11) is 0. The number of halogens is 2. The first-order valence-corrected chi connectivity index (χ1v) is 7.29. The van der Waals surface area contributed by atoms with Gasteiger partial charge in [0.15, 0.2) is 11.6 Å². The Hall–Kier alpha value is -1.20. The number of nitrogens with zero attached hydrogens (tertiary/aromatic N) is 1. The lowest BCUT2D eigenvalue weighted by molar-refractivity contribution is 0.0798. The number of benzene rings is 1. The van der Waals surface area contributed by atoms with Crippen LogP contribution in [0, 0.1) is 11.6 Å². The van der Waals surface area contributed by atoms with Crippen molar-refractivity contribution < 1.29 is 13.5 Å². The Morgan fingerprint density at radius 1 is 1.10 bits per heavy atom. The molecule has 1 atom stereocenters. The van der Waals surface area contributed by atoms with Crippen molar-refractivity contribution >= 4 is 0 Å². The van der Waals surface area contributed by atoms with E-state index >= 15 is 0 Å². The summed E-state index contributed by atoms with van der Waals surface area (Å²) < 4.78 is 31.7. The number of rotatable bonds is 3. The van der Waals surface area contributed by atoms with E-state index in [1.54, 1.807) is 0 Å². The van der Waals surface area contributed by atoms with E-state index < -0.39 is 11.6 Å². The molecule has 2 heterocycles. The van der Waals surface area contributed by atoms with E-state index in [1.165, 1.54) is 12.5 Å². The van der Waals surface area contributed by atoms with Crippen molar-refractivity contribution in [2.75, 3.05) is 26.2 Å². The molecule has 110 valence electrons. The van der Waals surface area contributed by atoms with Crippen LogP contribution in [-0.4, -0.2) is 43.2 Å². The summed E-state index contributed by atoms with van der Waals surface area (Å²) in [6.07, 6.45) is 3.20. The largest absolute Gasteiger partial charge is 0.490 e. The minimum Gasteiger partial charge on any atom is -0.490 e. The summed E-state index contributed by atoms with van der Waals surface area (Å²) in [5.41, 5.74) is 0. The number of hydrogen-bond donors (Lipinski definition) is 1. The molecule has 2 fully saturated rings. The number of ether oxygens (including phenoxy) is 1. The van der Waals surface area contributed by atoms with Crippen LogP contribution in [0.3, 0.4) is 0 Å². The van der Waals surface area contributed by atoms with E-state index in [1.807, 2.05) is 0 Å². The summed E-state index contributed by atoms with van der Waals surface area (Å²) in [5, 5.41) is 3.38. The molecule has 1 aromatic rings. The molecule has 0 aromatic heterocycles. The quantitative estimate of drug-likeness (QED) is 0.919. The molecule has 5 heteroatoms. The van der Waals surface area contributed by atoms with Crippen molar-refractivity contribution in [1.82, 2.24) is 10.2 Å². The van der Waals surface area contributed by atoms with Crippen LogP contribution >= 0.6 is 0 Å². The van der Waals surface area contributed by atoms with Crippen LogP contribution in [-0.2, 0) is 0 Å². The third-order valence-electron chi connectivity index (χ3n) is 4.22. The van der Waals surface area contributed by atoms with Crippen LogP contribution in [0.1, 0.15) is 19.3 Å². The predicted octanol–water partition coefficient (Wildman–Crippen LogP) is 2.17. The molecule has 0 aliphatic carbocycles. The van der Waals surface area contributed by atoms with Crippen molar-refractivity contribution in [3.63, 3.8) is 0 Å². The first-order chi connectivity index (χ1) is 9.72. The molecule has 20 heavy (non-hydrogen) atoms. The van der Waals surface area contributed by atoms with Crippen molar-refractivity contribution in [3.05, 3.63) is 29.8 Å². The summed E-state index contributed by atoms with van der Waals surface area (Å²) >= 11 is 0. The number of nitrogens with one attached hydrogen (secondary N) is 1. The average molecular weight is 282 g/mol. The standard InChI is InChI=1S/C15H20F2N2O/c16-14-2-1-13(9-15(14)17)20-12-4-7-19(8-5-12)11-3-6-18-10-11/h1-2,9,11-12,18H,3-8,10H2. The molecule has 3 nitrogen and oxygen atoms in total. The van der Waals surface area contributed by atoms with Gasteiger partial charge in [-0.3, -0.25) is 4.90 Å². The fourth-order valence-electron chi connectivity index (χ4n) is 3.05. The molecule has 2 saturated heterocycles. The van der Waals surface area contributed by atoms with E-state index in [4.69, 9.17) is 4.74 Å². The Kier molecular flexibility index (Phi) is 4.17. The molecule has 1 aromatic carbocycles. The number of likely N-dealkylation sites (tertiary alicyclic amines) is 1. The van der Waals surface area contributed by atoms with Gasteiger partial charge in [0.25, 0.3) is 0 Å². The second kappa shape index (κ2) is 6.06. The van der Waals surface area contributed by atoms with Crippen molar-refractivity contribution in [2.24, 2.45) is 0 Å².